The van der Waals surface area contributed by atoms with Crippen molar-refractivity contribution in [3.63, 3.8) is 0 Å². The van der Waals surface area contributed by atoms with Crippen LogP contribution in [0, 0.1) is 0 Å². The number of hydrogen-bond donors (Lipinski definition) is 0. The van der Waals surface area contributed by atoms with Crippen LogP contribution < -0.4 is 0 Å². The van der Waals surface area contributed by atoms with Gasteiger partial charge >= 0.3 is 0 Å². The van der Waals surface area contributed by atoms with Gasteiger partial charge < -0.3 is 0 Å². The summed E-state index contributed by atoms with van der Waals surface area (Å²) < 4.78 is 1.35. The zero-order valence-electron chi connectivity index (χ0n) is 12.5. The first-order valence-corrected chi connectivity index (χ1v) is 9.18. The van der Waals surface area contributed by atoms with Crippen molar-refractivity contribution in [3.05, 3.63) is 91.0 Å². The Labute approximate surface area is 144 Å². The van der Waals surface area contributed by atoms with Crippen molar-refractivity contribution in [2.75, 3.05) is 0 Å². The lowest BCUT2D eigenvalue weighted by Gasteiger charge is -1.96. The van der Waals surface area contributed by atoms with Crippen molar-refractivity contribution in [1.82, 2.24) is 0 Å². The Morgan fingerprint density at radius 1 is 0.522 bits per heavy atom. The molecule has 0 nitrogen and oxygen atoms in total. The van der Waals surface area contributed by atoms with Crippen LogP contribution in [0.2, 0.25) is 0 Å². The molecule has 0 spiro atoms. The number of hydrogen-bond acceptors (Lipinski definition) is 1. The van der Waals surface area contributed by atoms with Gasteiger partial charge in [0.2, 0.25) is 0 Å². The Balaban J connectivity index is 1.91. The lowest BCUT2D eigenvalue weighted by Crippen LogP contribution is -1.76. The molecule has 0 radical (unpaired) electrons. The van der Waals surface area contributed by atoms with Crippen molar-refractivity contribution in [2.24, 2.45) is 0 Å². The molecule has 0 aliphatic heterocycles. The third-order valence-corrected chi connectivity index (χ3v) is 6.44. The summed E-state index contributed by atoms with van der Waals surface area (Å²) in [6.07, 6.45) is 0. The highest BCUT2D eigenvalue weighted by Gasteiger charge is 2.26. The zero-order valence-corrected chi connectivity index (χ0v) is 14.1. The van der Waals surface area contributed by atoms with Crippen molar-refractivity contribution >= 4 is 22.7 Å². The van der Waals surface area contributed by atoms with E-state index in [0.717, 1.165) is 0 Å². The molecule has 23 heavy (non-hydrogen) atoms. The van der Waals surface area contributed by atoms with Crippen molar-refractivity contribution in [3.8, 4) is 30.6 Å². The van der Waals surface area contributed by atoms with E-state index >= 15 is 0 Å². The average molecular weight is 331 g/mol. The second kappa shape index (κ2) is 6.45. The summed E-state index contributed by atoms with van der Waals surface area (Å²) in [5.74, 6) is 0. The van der Waals surface area contributed by atoms with E-state index in [2.05, 4.69) is 91.0 Å². The predicted molar refractivity (Wildman–Crippen MR) is 103 cm³/mol. The highest BCUT2D eigenvalue weighted by atomic mass is 32.2. The van der Waals surface area contributed by atoms with Crippen LogP contribution in [0.5, 0.6) is 0 Å². The Bertz CT molecular complexity index is 838. The van der Waals surface area contributed by atoms with Gasteiger partial charge in [-0.15, -0.1) is 0 Å². The molecule has 0 bridgehead atoms. The molecular weight excluding hydrogens is 316 g/mol. The smallest absolute Gasteiger partial charge is 0.0622 e. The third kappa shape index (κ3) is 2.96. The van der Waals surface area contributed by atoms with E-state index in [4.69, 9.17) is 0 Å². The maximum atomic E-state index is 2.19. The van der Waals surface area contributed by atoms with Crippen molar-refractivity contribution in [2.45, 2.75) is 0 Å². The van der Waals surface area contributed by atoms with E-state index in [1.165, 1.54) is 30.6 Å². The Morgan fingerprint density at radius 3 is 1.57 bits per heavy atom. The van der Waals surface area contributed by atoms with Gasteiger partial charge in [-0.2, -0.15) is 0 Å². The summed E-state index contributed by atoms with van der Waals surface area (Å²) in [4.78, 5) is 2.70. The first-order valence-electron chi connectivity index (χ1n) is 7.55. The molecule has 0 saturated heterocycles. The molecule has 1 heterocycles. The molecule has 0 N–H and O–H groups in total. The molecule has 0 fully saturated rings. The lowest BCUT2D eigenvalue weighted by atomic mass is 10.1. The minimum absolute atomic E-state index is 1.29. The van der Waals surface area contributed by atoms with Crippen LogP contribution in [-0.4, -0.2) is 0 Å². The fraction of sp³-hybridized carbons (Fsp3) is 0. The summed E-state index contributed by atoms with van der Waals surface area (Å²) in [5.41, 5.74) is 3.87. The van der Waals surface area contributed by atoms with Crippen LogP contribution in [0.4, 0.5) is 0 Å². The van der Waals surface area contributed by atoms with E-state index in [1.54, 1.807) is 0 Å². The second-order valence-electron chi connectivity index (χ2n) is 5.25. The predicted octanol–water partition coefficient (Wildman–Crippen LogP) is 7.09. The maximum absolute atomic E-state index is 2.19. The van der Waals surface area contributed by atoms with E-state index in [-0.39, 0.29) is 0 Å². The van der Waals surface area contributed by atoms with Crippen LogP contribution in [0.1, 0.15) is 0 Å². The van der Waals surface area contributed by atoms with E-state index in [9.17, 15) is 0 Å². The molecule has 2 heteroatoms. The van der Waals surface area contributed by atoms with E-state index in [1.807, 2.05) is 22.7 Å². The topological polar surface area (TPSA) is 0 Å². The zero-order chi connectivity index (χ0) is 15.5. The van der Waals surface area contributed by atoms with Gasteiger partial charge in [0.25, 0.3) is 4.19 Å². The Morgan fingerprint density at radius 2 is 1.00 bits per heavy atom. The maximum Gasteiger partial charge on any atom is 0.286 e. The van der Waals surface area contributed by atoms with Crippen molar-refractivity contribution in [1.29, 1.82) is 0 Å². The molecule has 3 aromatic carbocycles. The molecular formula is C21H15S2+. The summed E-state index contributed by atoms with van der Waals surface area (Å²) >= 11 is 3.76. The fourth-order valence-corrected chi connectivity index (χ4v) is 5.27. The summed E-state index contributed by atoms with van der Waals surface area (Å²) in [7, 11) is 0. The SMILES string of the molecule is c1ccc(-c2sc(-c3ccccc3)c(-c3ccccc3)[s+]2)cc1. The number of benzene rings is 3. The van der Waals surface area contributed by atoms with Gasteiger partial charge in [0.05, 0.1) is 22.7 Å². The van der Waals surface area contributed by atoms with E-state index in [0.29, 0.717) is 0 Å². The van der Waals surface area contributed by atoms with Gasteiger partial charge in [0, 0.05) is 16.7 Å². The van der Waals surface area contributed by atoms with Gasteiger partial charge in [-0.05, 0) is 12.1 Å². The van der Waals surface area contributed by atoms with Gasteiger partial charge in [-0.25, -0.2) is 0 Å². The summed E-state index contributed by atoms with van der Waals surface area (Å²) in [6, 6.07) is 32.0. The quantitative estimate of drug-likeness (QED) is 0.351. The summed E-state index contributed by atoms with van der Waals surface area (Å²) in [6.45, 7) is 0. The van der Waals surface area contributed by atoms with Crippen LogP contribution in [0.25, 0.3) is 30.6 Å². The molecule has 4 rings (SSSR count). The standard InChI is InChI=1S/C21H15S2/c1-4-10-16(11-5-1)19-20(17-12-6-2-7-13-17)23-21(22-19)18-14-8-3-9-15-18/h1-15H/q+1. The average Bonchev–Trinajstić information content (AvgIpc) is 3.09. The normalized spacial score (nSPS) is 10.6. The minimum atomic E-state index is 1.29. The molecule has 4 aromatic rings. The monoisotopic (exact) mass is 331 g/mol. The van der Waals surface area contributed by atoms with Crippen LogP contribution in [-0.2, 0) is 0 Å². The van der Waals surface area contributed by atoms with Crippen LogP contribution in [0.15, 0.2) is 91.0 Å². The lowest BCUT2D eigenvalue weighted by molar-refractivity contribution is 1.67. The van der Waals surface area contributed by atoms with Crippen LogP contribution >= 0.6 is 22.7 Å². The van der Waals surface area contributed by atoms with Gasteiger partial charge in [-0.3, -0.25) is 0 Å². The van der Waals surface area contributed by atoms with Gasteiger partial charge in [0.1, 0.15) is 0 Å². The van der Waals surface area contributed by atoms with Gasteiger partial charge in [-0.1, -0.05) is 78.9 Å². The minimum Gasteiger partial charge on any atom is -0.0622 e. The largest absolute Gasteiger partial charge is 0.286 e. The Kier molecular flexibility index (Phi) is 4.01. The first kappa shape index (κ1) is 14.3. The molecule has 0 unspecified atom stereocenters. The second-order valence-corrected chi connectivity index (χ2v) is 7.55. The Hall–Kier alpha value is -2.29. The molecule has 0 aliphatic carbocycles. The molecule has 0 aliphatic rings. The first-order chi connectivity index (χ1) is 11.4. The molecule has 0 atom stereocenters. The molecule has 1 aromatic heterocycles. The van der Waals surface area contributed by atoms with Crippen LogP contribution in [0.3, 0.4) is 0 Å². The number of rotatable bonds is 3. The fourth-order valence-electron chi connectivity index (χ4n) is 2.55. The molecule has 110 valence electrons. The molecule has 0 saturated carbocycles. The van der Waals surface area contributed by atoms with Gasteiger partial charge in [0.15, 0.2) is 9.75 Å². The third-order valence-electron chi connectivity index (χ3n) is 3.68. The highest BCUT2D eigenvalue weighted by molar-refractivity contribution is 7.40. The van der Waals surface area contributed by atoms with E-state index < -0.39 is 0 Å². The highest BCUT2D eigenvalue weighted by Crippen LogP contribution is 2.47. The summed E-state index contributed by atoms with van der Waals surface area (Å²) in [5, 5.41) is 0. The van der Waals surface area contributed by atoms with Crippen molar-refractivity contribution < 1.29 is 0 Å². The molecule has 0 amide bonds.